The van der Waals surface area contributed by atoms with Gasteiger partial charge in [0.1, 0.15) is 0 Å². The molecule has 14 heavy (non-hydrogen) atoms. The van der Waals surface area contributed by atoms with Crippen LogP contribution in [-0.4, -0.2) is 16.6 Å². The van der Waals surface area contributed by atoms with Gasteiger partial charge in [0.05, 0.1) is 17.6 Å². The predicted octanol–water partition coefficient (Wildman–Crippen LogP) is 1.19. The van der Waals surface area contributed by atoms with E-state index in [4.69, 9.17) is 10.8 Å². The second kappa shape index (κ2) is 4.67. The van der Waals surface area contributed by atoms with Crippen LogP contribution in [0.4, 0.5) is 5.69 Å². The van der Waals surface area contributed by atoms with Crippen molar-refractivity contribution in [2.75, 3.05) is 6.61 Å². The summed E-state index contributed by atoms with van der Waals surface area (Å²) in [6.07, 6.45) is 0. The third-order valence-corrected chi connectivity index (χ3v) is 2.77. The highest BCUT2D eigenvalue weighted by molar-refractivity contribution is 14.1. The summed E-state index contributed by atoms with van der Waals surface area (Å²) in [5, 5.41) is 19.3. The lowest BCUT2D eigenvalue weighted by atomic mass is 10.1. The largest absolute Gasteiger partial charge is 0.394 e. The molecule has 0 saturated carbocycles. The van der Waals surface area contributed by atoms with E-state index in [9.17, 15) is 10.1 Å². The number of rotatable bonds is 3. The summed E-state index contributed by atoms with van der Waals surface area (Å²) >= 11 is 2.03. The van der Waals surface area contributed by atoms with Gasteiger partial charge in [0.25, 0.3) is 5.69 Å². The zero-order valence-corrected chi connectivity index (χ0v) is 9.34. The highest BCUT2D eigenvalue weighted by Crippen LogP contribution is 2.23. The molecule has 0 bridgehead atoms. The molecule has 0 aliphatic carbocycles. The molecule has 3 N–H and O–H groups in total. The highest BCUT2D eigenvalue weighted by Gasteiger charge is 2.13. The van der Waals surface area contributed by atoms with E-state index in [-0.39, 0.29) is 12.3 Å². The van der Waals surface area contributed by atoms with Crippen molar-refractivity contribution in [2.45, 2.75) is 6.04 Å². The van der Waals surface area contributed by atoms with E-state index < -0.39 is 11.0 Å². The molecule has 0 heterocycles. The molecule has 0 spiro atoms. The summed E-state index contributed by atoms with van der Waals surface area (Å²) in [4.78, 5) is 9.99. The van der Waals surface area contributed by atoms with Gasteiger partial charge >= 0.3 is 0 Å². The lowest BCUT2D eigenvalue weighted by molar-refractivity contribution is -0.385. The number of non-ortho nitro benzene ring substituents is 1. The molecule has 0 saturated heterocycles. The van der Waals surface area contributed by atoms with Gasteiger partial charge in [-0.25, -0.2) is 0 Å². The van der Waals surface area contributed by atoms with Crippen molar-refractivity contribution in [1.29, 1.82) is 0 Å². The first-order valence-electron chi connectivity index (χ1n) is 3.86. The molecular weight excluding hydrogens is 299 g/mol. The van der Waals surface area contributed by atoms with Crippen molar-refractivity contribution in [3.05, 3.63) is 37.4 Å². The van der Waals surface area contributed by atoms with Crippen molar-refractivity contribution in [3.8, 4) is 0 Å². The fourth-order valence-corrected chi connectivity index (χ4v) is 1.76. The van der Waals surface area contributed by atoms with Crippen molar-refractivity contribution in [2.24, 2.45) is 5.73 Å². The molecule has 1 rings (SSSR count). The number of nitro groups is 1. The standard InChI is InChI=1S/C8H9IN2O3/c9-7-2-1-5(11(13)14)3-6(7)8(10)4-12/h1-3,8,12H,4,10H2/t8-/m0/s1. The Morgan fingerprint density at radius 1 is 1.64 bits per heavy atom. The smallest absolute Gasteiger partial charge is 0.269 e. The molecular formula is C8H9IN2O3. The van der Waals surface area contributed by atoms with Gasteiger partial charge < -0.3 is 10.8 Å². The molecule has 0 unspecified atom stereocenters. The molecule has 1 atom stereocenters. The number of benzene rings is 1. The highest BCUT2D eigenvalue weighted by atomic mass is 127. The molecule has 0 aliphatic rings. The first kappa shape index (κ1) is 11.3. The Kier molecular flexibility index (Phi) is 3.78. The summed E-state index contributed by atoms with van der Waals surface area (Å²) in [7, 11) is 0. The quantitative estimate of drug-likeness (QED) is 0.499. The van der Waals surface area contributed by atoms with Gasteiger partial charge in [0.15, 0.2) is 0 Å². The Hall–Kier alpha value is -0.730. The Morgan fingerprint density at radius 3 is 2.79 bits per heavy atom. The van der Waals surface area contributed by atoms with Crippen LogP contribution in [0.15, 0.2) is 18.2 Å². The molecule has 0 aromatic heterocycles. The van der Waals surface area contributed by atoms with Crippen molar-refractivity contribution in [3.63, 3.8) is 0 Å². The number of aliphatic hydroxyl groups is 1. The third kappa shape index (κ3) is 2.40. The van der Waals surface area contributed by atoms with Crippen molar-refractivity contribution < 1.29 is 10.0 Å². The van der Waals surface area contributed by atoms with Crippen LogP contribution < -0.4 is 5.73 Å². The van der Waals surface area contributed by atoms with Crippen LogP contribution in [0, 0.1) is 13.7 Å². The Balaban J connectivity index is 3.14. The number of nitro benzene ring substituents is 1. The lowest BCUT2D eigenvalue weighted by Crippen LogP contribution is -2.16. The Bertz CT molecular complexity index is 356. The van der Waals surface area contributed by atoms with E-state index in [1.807, 2.05) is 22.6 Å². The number of halogens is 1. The number of nitrogens with two attached hydrogens (primary N) is 1. The third-order valence-electron chi connectivity index (χ3n) is 1.79. The van der Waals surface area contributed by atoms with Crippen LogP contribution in [0.3, 0.4) is 0 Å². The van der Waals surface area contributed by atoms with Gasteiger partial charge in [-0.2, -0.15) is 0 Å². The Morgan fingerprint density at radius 2 is 2.29 bits per heavy atom. The molecule has 0 aliphatic heterocycles. The minimum atomic E-state index is -0.568. The van der Waals surface area contributed by atoms with Gasteiger partial charge in [0, 0.05) is 15.7 Å². The molecule has 1 aromatic rings. The molecule has 5 nitrogen and oxygen atoms in total. The molecule has 0 amide bonds. The predicted molar refractivity (Wildman–Crippen MR) is 59.8 cm³/mol. The van der Waals surface area contributed by atoms with Crippen LogP contribution in [0.1, 0.15) is 11.6 Å². The van der Waals surface area contributed by atoms with Gasteiger partial charge in [-0.05, 0) is 34.2 Å². The number of hydrogen-bond donors (Lipinski definition) is 2. The monoisotopic (exact) mass is 308 g/mol. The average molecular weight is 308 g/mol. The van der Waals surface area contributed by atoms with Gasteiger partial charge in [-0.3, -0.25) is 10.1 Å². The van der Waals surface area contributed by atoms with E-state index in [0.717, 1.165) is 3.57 Å². The van der Waals surface area contributed by atoms with Crippen molar-refractivity contribution in [1.82, 2.24) is 0 Å². The van der Waals surface area contributed by atoms with Gasteiger partial charge in [-0.1, -0.05) is 0 Å². The SMILES string of the molecule is N[C@@H](CO)c1cc([N+](=O)[O-])ccc1I. The van der Waals surface area contributed by atoms with E-state index in [1.54, 1.807) is 6.07 Å². The number of hydrogen-bond acceptors (Lipinski definition) is 4. The minimum Gasteiger partial charge on any atom is -0.394 e. The zero-order valence-electron chi connectivity index (χ0n) is 7.18. The minimum absolute atomic E-state index is 0.00989. The van der Waals surface area contributed by atoms with Gasteiger partial charge in [0.2, 0.25) is 0 Å². The maximum atomic E-state index is 10.5. The fraction of sp³-hybridized carbons (Fsp3) is 0.250. The van der Waals surface area contributed by atoms with Crippen LogP contribution in [0.2, 0.25) is 0 Å². The van der Waals surface area contributed by atoms with Crippen LogP contribution >= 0.6 is 22.6 Å². The molecule has 0 fully saturated rings. The summed E-state index contributed by atoms with van der Waals surface area (Å²) in [5.74, 6) is 0. The summed E-state index contributed by atoms with van der Waals surface area (Å²) < 4.78 is 0.815. The number of aliphatic hydroxyl groups excluding tert-OH is 1. The normalized spacial score (nSPS) is 12.5. The summed E-state index contributed by atoms with van der Waals surface area (Å²) in [5.41, 5.74) is 6.18. The van der Waals surface area contributed by atoms with Crippen LogP contribution in [0.25, 0.3) is 0 Å². The van der Waals surface area contributed by atoms with Crippen LogP contribution in [-0.2, 0) is 0 Å². The first-order valence-corrected chi connectivity index (χ1v) is 4.94. The fourth-order valence-electron chi connectivity index (χ4n) is 1.03. The lowest BCUT2D eigenvalue weighted by Gasteiger charge is -2.10. The number of nitrogens with zero attached hydrogens (tertiary/aromatic N) is 1. The summed E-state index contributed by atoms with van der Waals surface area (Å²) in [6, 6.07) is 3.85. The maximum Gasteiger partial charge on any atom is 0.269 e. The second-order valence-electron chi connectivity index (χ2n) is 2.75. The van der Waals surface area contributed by atoms with E-state index in [1.165, 1.54) is 12.1 Å². The maximum absolute atomic E-state index is 10.5. The van der Waals surface area contributed by atoms with E-state index >= 15 is 0 Å². The van der Waals surface area contributed by atoms with Crippen molar-refractivity contribution >= 4 is 28.3 Å². The van der Waals surface area contributed by atoms with Gasteiger partial charge in [-0.15, -0.1) is 0 Å². The molecule has 1 aromatic carbocycles. The zero-order chi connectivity index (χ0) is 10.7. The molecule has 6 heteroatoms. The second-order valence-corrected chi connectivity index (χ2v) is 3.91. The summed E-state index contributed by atoms with van der Waals surface area (Å²) in [6.45, 7) is -0.225. The average Bonchev–Trinajstić information content (AvgIpc) is 2.17. The van der Waals surface area contributed by atoms with E-state index in [2.05, 4.69) is 0 Å². The molecule has 0 radical (unpaired) electrons. The first-order chi connectivity index (χ1) is 6.56. The molecule has 76 valence electrons. The Labute approximate surface area is 94.2 Å². The topological polar surface area (TPSA) is 89.4 Å². The van der Waals surface area contributed by atoms with E-state index in [0.29, 0.717) is 5.56 Å². The van der Waals surface area contributed by atoms with Crippen LogP contribution in [0.5, 0.6) is 0 Å².